The van der Waals surface area contributed by atoms with Crippen LogP contribution >= 0.6 is 11.8 Å². The number of esters is 1. The summed E-state index contributed by atoms with van der Waals surface area (Å²) in [5.41, 5.74) is 0. The van der Waals surface area contributed by atoms with E-state index in [1.165, 1.54) is 11.8 Å². The summed E-state index contributed by atoms with van der Waals surface area (Å²) in [6.45, 7) is 4.08. The average molecular weight is 309 g/mol. The van der Waals surface area contributed by atoms with E-state index >= 15 is 0 Å². The van der Waals surface area contributed by atoms with Crippen molar-refractivity contribution in [2.24, 2.45) is 5.92 Å². The predicted molar refractivity (Wildman–Crippen MR) is 80.0 cm³/mol. The number of hydrogen-bond donors (Lipinski definition) is 1. The van der Waals surface area contributed by atoms with Crippen LogP contribution < -0.4 is 5.32 Å². The molecular formula is C14H19N3O3S. The maximum atomic E-state index is 11.7. The molecule has 1 amide bonds. The third-order valence-electron chi connectivity index (χ3n) is 3.02. The van der Waals surface area contributed by atoms with E-state index in [0.717, 1.165) is 12.8 Å². The van der Waals surface area contributed by atoms with Crippen molar-refractivity contribution in [3.05, 3.63) is 12.1 Å². The molecule has 1 aromatic rings. The third kappa shape index (κ3) is 4.70. The van der Waals surface area contributed by atoms with Gasteiger partial charge in [0, 0.05) is 5.92 Å². The van der Waals surface area contributed by atoms with Gasteiger partial charge < -0.3 is 10.1 Å². The van der Waals surface area contributed by atoms with Crippen molar-refractivity contribution in [2.45, 2.75) is 43.4 Å². The van der Waals surface area contributed by atoms with Gasteiger partial charge in [0.25, 0.3) is 0 Å². The lowest BCUT2D eigenvalue weighted by Gasteiger charge is -2.12. The minimum absolute atomic E-state index is 0.00246. The molecule has 2 rings (SSSR count). The van der Waals surface area contributed by atoms with Gasteiger partial charge in [0.15, 0.2) is 5.82 Å². The zero-order chi connectivity index (χ0) is 15.2. The van der Waals surface area contributed by atoms with Crippen LogP contribution in [0.3, 0.4) is 0 Å². The number of carbonyl (C=O) groups excluding carboxylic acids is 2. The number of ether oxygens (including phenoxy) is 1. The van der Waals surface area contributed by atoms with E-state index in [0.29, 0.717) is 23.9 Å². The molecule has 1 atom stereocenters. The molecule has 0 spiro atoms. The molecule has 21 heavy (non-hydrogen) atoms. The lowest BCUT2D eigenvalue weighted by molar-refractivity contribution is -0.142. The number of hydrogen-bond acceptors (Lipinski definition) is 6. The van der Waals surface area contributed by atoms with Crippen LogP contribution in [-0.4, -0.2) is 33.9 Å². The molecule has 1 heterocycles. The summed E-state index contributed by atoms with van der Waals surface area (Å²) >= 11 is 1.32. The van der Waals surface area contributed by atoms with Crippen LogP contribution in [0.25, 0.3) is 0 Å². The van der Waals surface area contributed by atoms with Crippen LogP contribution in [0, 0.1) is 5.92 Å². The van der Waals surface area contributed by atoms with Crippen LogP contribution in [0.2, 0.25) is 0 Å². The minimum Gasteiger partial charge on any atom is -0.465 e. The van der Waals surface area contributed by atoms with Gasteiger partial charge in [-0.25, -0.2) is 0 Å². The second-order valence-corrected chi connectivity index (χ2v) is 6.01. The highest BCUT2D eigenvalue weighted by molar-refractivity contribution is 8.00. The number of nitrogens with zero attached hydrogens (tertiary/aromatic N) is 2. The second-order valence-electron chi connectivity index (χ2n) is 4.79. The largest absolute Gasteiger partial charge is 0.465 e. The van der Waals surface area contributed by atoms with Crippen LogP contribution in [0.1, 0.15) is 33.1 Å². The van der Waals surface area contributed by atoms with Crippen molar-refractivity contribution < 1.29 is 14.3 Å². The van der Waals surface area contributed by atoms with E-state index in [1.54, 1.807) is 19.1 Å². The molecule has 0 aliphatic heterocycles. The van der Waals surface area contributed by atoms with Gasteiger partial charge in [0.05, 0.1) is 6.61 Å². The Morgan fingerprint density at radius 1 is 1.38 bits per heavy atom. The summed E-state index contributed by atoms with van der Waals surface area (Å²) in [5.74, 6) is 0.343. The van der Waals surface area contributed by atoms with E-state index in [4.69, 9.17) is 4.74 Å². The van der Waals surface area contributed by atoms with Crippen LogP contribution in [0.15, 0.2) is 17.2 Å². The fourth-order valence-corrected chi connectivity index (χ4v) is 2.56. The van der Waals surface area contributed by atoms with E-state index < -0.39 is 0 Å². The highest BCUT2D eigenvalue weighted by atomic mass is 32.2. The zero-order valence-corrected chi connectivity index (χ0v) is 13.0. The van der Waals surface area contributed by atoms with E-state index in [1.807, 2.05) is 6.92 Å². The Kier molecular flexibility index (Phi) is 5.55. The zero-order valence-electron chi connectivity index (χ0n) is 12.2. The van der Waals surface area contributed by atoms with Crippen molar-refractivity contribution in [1.82, 2.24) is 10.2 Å². The Morgan fingerprint density at radius 3 is 2.67 bits per heavy atom. The van der Waals surface area contributed by atoms with E-state index in [2.05, 4.69) is 15.5 Å². The summed E-state index contributed by atoms with van der Waals surface area (Å²) in [6, 6.07) is 3.45. The standard InChI is InChI=1S/C14H19N3O3S/c1-3-10(14(19)20-4-2)21-12-8-7-11(16-17-12)15-13(18)9-5-6-9/h7-10H,3-6H2,1-2H3,(H,15,16,18)/t10-/m1/s1. The second kappa shape index (κ2) is 7.40. The van der Waals surface area contributed by atoms with Gasteiger partial charge in [0.1, 0.15) is 10.3 Å². The lowest BCUT2D eigenvalue weighted by Crippen LogP contribution is -2.19. The third-order valence-corrected chi connectivity index (χ3v) is 4.29. The lowest BCUT2D eigenvalue weighted by atomic mass is 10.3. The van der Waals surface area contributed by atoms with Crippen molar-refractivity contribution in [3.8, 4) is 0 Å². The normalized spacial score (nSPS) is 15.3. The predicted octanol–water partition coefficient (Wildman–Crippen LogP) is 2.26. The van der Waals surface area contributed by atoms with Crippen LogP contribution in [0.5, 0.6) is 0 Å². The number of amides is 1. The van der Waals surface area contributed by atoms with Gasteiger partial charge in [-0.2, -0.15) is 0 Å². The van der Waals surface area contributed by atoms with Gasteiger partial charge in [-0.3, -0.25) is 9.59 Å². The first-order valence-corrected chi connectivity index (χ1v) is 7.99. The summed E-state index contributed by atoms with van der Waals surface area (Å²) in [4.78, 5) is 23.3. The Labute approximate surface area is 128 Å². The SMILES string of the molecule is CCOC(=O)[C@@H](CC)Sc1ccc(NC(=O)C2CC2)nn1. The summed E-state index contributed by atoms with van der Waals surface area (Å²) in [6.07, 6.45) is 2.56. The van der Waals surface area contributed by atoms with Gasteiger partial charge >= 0.3 is 5.97 Å². The van der Waals surface area contributed by atoms with Crippen molar-refractivity contribution in [1.29, 1.82) is 0 Å². The molecule has 6 nitrogen and oxygen atoms in total. The summed E-state index contributed by atoms with van der Waals surface area (Å²) in [7, 11) is 0. The van der Waals surface area contributed by atoms with Crippen LogP contribution in [-0.2, 0) is 14.3 Å². The van der Waals surface area contributed by atoms with Gasteiger partial charge in [0.2, 0.25) is 5.91 Å². The van der Waals surface area contributed by atoms with Gasteiger partial charge in [-0.1, -0.05) is 18.7 Å². The maximum absolute atomic E-state index is 11.7. The smallest absolute Gasteiger partial charge is 0.319 e. The molecule has 0 aromatic carbocycles. The molecule has 0 saturated heterocycles. The molecule has 0 unspecified atom stereocenters. The Hall–Kier alpha value is -1.63. The topological polar surface area (TPSA) is 81.2 Å². The molecule has 1 N–H and O–H groups in total. The van der Waals surface area contributed by atoms with Gasteiger partial charge in [-0.15, -0.1) is 10.2 Å². The molecule has 7 heteroatoms. The van der Waals surface area contributed by atoms with E-state index in [9.17, 15) is 9.59 Å². The first kappa shape index (κ1) is 15.8. The highest BCUT2D eigenvalue weighted by Gasteiger charge is 2.29. The molecule has 1 aliphatic carbocycles. The number of anilines is 1. The number of nitrogens with one attached hydrogen (secondary N) is 1. The van der Waals surface area contributed by atoms with Crippen LogP contribution in [0.4, 0.5) is 5.82 Å². The molecular weight excluding hydrogens is 290 g/mol. The Morgan fingerprint density at radius 2 is 2.14 bits per heavy atom. The first-order valence-electron chi connectivity index (χ1n) is 7.12. The number of thioether (sulfide) groups is 1. The average Bonchev–Trinajstić information content (AvgIpc) is 3.31. The fraction of sp³-hybridized carbons (Fsp3) is 0.571. The maximum Gasteiger partial charge on any atom is 0.319 e. The first-order chi connectivity index (χ1) is 10.1. The molecule has 1 aliphatic rings. The summed E-state index contributed by atoms with van der Waals surface area (Å²) < 4.78 is 5.01. The quantitative estimate of drug-likeness (QED) is 0.614. The molecule has 1 aromatic heterocycles. The highest BCUT2D eigenvalue weighted by Crippen LogP contribution is 2.30. The summed E-state index contributed by atoms with van der Waals surface area (Å²) in [5, 5.41) is 11.1. The number of aromatic nitrogens is 2. The van der Waals surface area contributed by atoms with Crippen molar-refractivity contribution >= 4 is 29.5 Å². The molecule has 1 saturated carbocycles. The minimum atomic E-state index is -0.286. The van der Waals surface area contributed by atoms with E-state index in [-0.39, 0.29) is 23.0 Å². The molecule has 114 valence electrons. The monoisotopic (exact) mass is 309 g/mol. The van der Waals surface area contributed by atoms with Gasteiger partial charge in [-0.05, 0) is 38.3 Å². The molecule has 0 radical (unpaired) electrons. The van der Waals surface area contributed by atoms with Crippen molar-refractivity contribution in [3.63, 3.8) is 0 Å². The number of carbonyl (C=O) groups is 2. The Balaban J connectivity index is 1.91. The molecule has 0 bridgehead atoms. The fourth-order valence-electron chi connectivity index (χ4n) is 1.70. The molecule has 1 fully saturated rings. The van der Waals surface area contributed by atoms with Crippen molar-refractivity contribution in [2.75, 3.05) is 11.9 Å². The Bertz CT molecular complexity index is 503. The number of rotatable bonds is 7.